The van der Waals surface area contributed by atoms with Crippen LogP contribution in [0.15, 0.2) is 40.6 Å². The van der Waals surface area contributed by atoms with Crippen molar-refractivity contribution in [2.24, 2.45) is 10.2 Å². The van der Waals surface area contributed by atoms with Gasteiger partial charge in [0, 0.05) is 0 Å². The standard InChI is InChI=1S/C14H14N4O4Se/c1-17(2)13-11(8-12(23-13)14(19)22-3)16-15-9-4-6-10(7-5-9)18(20)21/h4-8H,1-3H3. The Hall–Kier alpha value is -2.51. The number of anilines is 1. The van der Waals surface area contributed by atoms with E-state index in [1.807, 2.05) is 19.0 Å². The molecule has 0 amide bonds. The maximum absolute atomic E-state index is 11.6. The van der Waals surface area contributed by atoms with Gasteiger partial charge in [-0.2, -0.15) is 0 Å². The van der Waals surface area contributed by atoms with Crippen LogP contribution in [0.5, 0.6) is 0 Å². The summed E-state index contributed by atoms with van der Waals surface area (Å²) in [5, 5.41) is 18.8. The van der Waals surface area contributed by atoms with Crippen molar-refractivity contribution in [3.8, 4) is 0 Å². The number of ether oxygens (including phenoxy) is 1. The van der Waals surface area contributed by atoms with Crippen LogP contribution in [0.1, 0.15) is 9.23 Å². The summed E-state index contributed by atoms with van der Waals surface area (Å²) in [6.45, 7) is 0. The van der Waals surface area contributed by atoms with Crippen LogP contribution in [0.4, 0.5) is 21.6 Å². The summed E-state index contributed by atoms with van der Waals surface area (Å²) in [6.07, 6.45) is 0. The first kappa shape index (κ1) is 16.9. The molecule has 0 fully saturated rings. The Balaban J connectivity index is 2.29. The normalized spacial score (nSPS) is 10.7. The van der Waals surface area contributed by atoms with Crippen LogP contribution in [0.25, 0.3) is 0 Å². The van der Waals surface area contributed by atoms with Crippen LogP contribution in [-0.2, 0) is 4.74 Å². The molecule has 0 aliphatic rings. The first-order chi connectivity index (χ1) is 10.9. The number of azo groups is 1. The third kappa shape index (κ3) is 4.02. The second-order valence-corrected chi connectivity index (χ2v) is 6.82. The van der Waals surface area contributed by atoms with Gasteiger partial charge in [-0.15, -0.1) is 0 Å². The molecule has 0 radical (unpaired) electrons. The molecule has 0 atom stereocenters. The molecule has 120 valence electrons. The summed E-state index contributed by atoms with van der Waals surface area (Å²) >= 11 is -0.194. The average molecular weight is 381 g/mol. The van der Waals surface area contributed by atoms with Gasteiger partial charge in [0.25, 0.3) is 0 Å². The Morgan fingerprint density at radius 3 is 2.43 bits per heavy atom. The maximum atomic E-state index is 11.6. The van der Waals surface area contributed by atoms with E-state index in [4.69, 9.17) is 4.74 Å². The second kappa shape index (κ2) is 7.17. The molecule has 0 saturated heterocycles. The Bertz CT molecular complexity index is 753. The second-order valence-electron chi connectivity index (χ2n) is 4.66. The molecular weight excluding hydrogens is 367 g/mol. The Kier molecular flexibility index (Phi) is 5.25. The predicted molar refractivity (Wildman–Crippen MR) is 86.3 cm³/mol. The van der Waals surface area contributed by atoms with Gasteiger partial charge in [0.2, 0.25) is 0 Å². The van der Waals surface area contributed by atoms with E-state index < -0.39 is 4.92 Å². The molecule has 0 saturated carbocycles. The fourth-order valence-electron chi connectivity index (χ4n) is 1.72. The molecule has 2 rings (SSSR count). The van der Waals surface area contributed by atoms with Crippen molar-refractivity contribution in [1.82, 2.24) is 0 Å². The molecule has 1 aromatic heterocycles. The number of carbonyl (C=O) groups excluding carboxylic acids is 1. The van der Waals surface area contributed by atoms with Gasteiger partial charge in [0.15, 0.2) is 0 Å². The molecule has 1 heterocycles. The van der Waals surface area contributed by atoms with Gasteiger partial charge in [-0.3, -0.25) is 0 Å². The molecule has 0 aliphatic heterocycles. The minimum atomic E-state index is -0.474. The van der Waals surface area contributed by atoms with Crippen molar-refractivity contribution >= 4 is 42.1 Å². The van der Waals surface area contributed by atoms with Gasteiger partial charge in [0.1, 0.15) is 0 Å². The van der Waals surface area contributed by atoms with Crippen molar-refractivity contribution in [1.29, 1.82) is 0 Å². The van der Waals surface area contributed by atoms with E-state index in [0.717, 1.165) is 4.56 Å². The van der Waals surface area contributed by atoms with Crippen LogP contribution < -0.4 is 4.90 Å². The molecule has 0 aliphatic carbocycles. The van der Waals surface area contributed by atoms with Crippen molar-refractivity contribution in [3.05, 3.63) is 44.9 Å². The third-order valence-electron chi connectivity index (χ3n) is 2.82. The average Bonchev–Trinajstić information content (AvgIpc) is 2.97. The van der Waals surface area contributed by atoms with Crippen LogP contribution in [-0.4, -0.2) is 46.6 Å². The predicted octanol–water partition coefficient (Wildman–Crippen LogP) is 2.92. The fourth-order valence-corrected chi connectivity index (χ4v) is 3.67. The zero-order valence-electron chi connectivity index (χ0n) is 12.7. The van der Waals surface area contributed by atoms with Gasteiger partial charge < -0.3 is 0 Å². The molecular formula is C14H14N4O4Se. The number of non-ortho nitro benzene ring substituents is 1. The first-order valence-electron chi connectivity index (χ1n) is 6.48. The van der Waals surface area contributed by atoms with Crippen LogP contribution in [0.2, 0.25) is 0 Å². The monoisotopic (exact) mass is 382 g/mol. The summed E-state index contributed by atoms with van der Waals surface area (Å²) < 4.78 is 6.21. The zero-order valence-corrected chi connectivity index (χ0v) is 14.4. The number of rotatable bonds is 5. The van der Waals surface area contributed by atoms with E-state index in [9.17, 15) is 14.9 Å². The number of methoxy groups -OCH3 is 1. The van der Waals surface area contributed by atoms with Gasteiger partial charge >= 0.3 is 138 Å². The fraction of sp³-hybridized carbons (Fsp3) is 0.214. The van der Waals surface area contributed by atoms with Crippen LogP contribution >= 0.6 is 0 Å². The molecule has 2 aromatic rings. The van der Waals surface area contributed by atoms with Gasteiger partial charge in [0.05, 0.1) is 0 Å². The number of carbonyl (C=O) groups is 1. The number of nitro benzene ring substituents is 1. The number of hydrogen-bond donors (Lipinski definition) is 0. The summed E-state index contributed by atoms with van der Waals surface area (Å²) in [7, 11) is 5.07. The molecule has 0 unspecified atom stereocenters. The van der Waals surface area contributed by atoms with Crippen LogP contribution in [0.3, 0.4) is 0 Å². The molecule has 8 nitrogen and oxygen atoms in total. The van der Waals surface area contributed by atoms with E-state index >= 15 is 0 Å². The third-order valence-corrected chi connectivity index (χ3v) is 5.49. The first-order valence-corrected chi connectivity index (χ1v) is 8.19. The van der Waals surface area contributed by atoms with Crippen molar-refractivity contribution in [2.75, 3.05) is 26.1 Å². The zero-order chi connectivity index (χ0) is 17.0. The summed E-state index contributed by atoms with van der Waals surface area (Å²) in [5.74, 6) is -0.370. The number of nitro groups is 1. The van der Waals surface area contributed by atoms with E-state index in [1.54, 1.807) is 6.07 Å². The van der Waals surface area contributed by atoms with E-state index in [0.29, 0.717) is 15.8 Å². The number of nitrogens with zero attached hydrogens (tertiary/aromatic N) is 4. The molecule has 9 heteroatoms. The summed E-state index contributed by atoms with van der Waals surface area (Å²) in [5.41, 5.74) is 1.08. The minimum absolute atomic E-state index is 0.00535. The summed E-state index contributed by atoms with van der Waals surface area (Å²) in [6, 6.07) is 7.43. The SMILES string of the molecule is COC(=O)c1cc(N=Nc2ccc([N+](=O)[O-])cc2)c(N(C)C)[se]1. The van der Waals surface area contributed by atoms with Gasteiger partial charge in [-0.05, 0) is 0 Å². The topological polar surface area (TPSA) is 97.4 Å². The number of esters is 1. The Labute approximate surface area is 138 Å². The van der Waals surface area contributed by atoms with E-state index in [1.165, 1.54) is 31.4 Å². The van der Waals surface area contributed by atoms with Crippen molar-refractivity contribution in [2.45, 2.75) is 0 Å². The van der Waals surface area contributed by atoms with Gasteiger partial charge in [-0.25, -0.2) is 0 Å². The molecule has 23 heavy (non-hydrogen) atoms. The quantitative estimate of drug-likeness (QED) is 0.261. The van der Waals surface area contributed by atoms with Gasteiger partial charge in [-0.1, -0.05) is 0 Å². The molecule has 0 spiro atoms. The Morgan fingerprint density at radius 2 is 1.91 bits per heavy atom. The van der Waals surface area contributed by atoms with Crippen molar-refractivity contribution < 1.29 is 14.5 Å². The Morgan fingerprint density at radius 1 is 1.26 bits per heavy atom. The van der Waals surface area contributed by atoms with Crippen LogP contribution in [0, 0.1) is 10.1 Å². The summed E-state index contributed by atoms with van der Waals surface area (Å²) in [4.78, 5) is 23.7. The van der Waals surface area contributed by atoms with E-state index in [-0.39, 0.29) is 26.2 Å². The molecule has 0 N–H and O–H groups in total. The number of hydrogen-bond acceptors (Lipinski definition) is 7. The van der Waals surface area contributed by atoms with E-state index in [2.05, 4.69) is 10.2 Å². The molecule has 0 bridgehead atoms. The molecule has 1 aromatic carbocycles. The number of benzene rings is 1. The van der Waals surface area contributed by atoms with Crippen molar-refractivity contribution in [3.63, 3.8) is 0 Å².